The van der Waals surface area contributed by atoms with Crippen molar-refractivity contribution in [1.29, 1.82) is 0 Å². The molecule has 3 fully saturated rings. The number of likely N-dealkylation sites (tertiary alicyclic amines) is 2. The van der Waals surface area contributed by atoms with Crippen LogP contribution in [-0.4, -0.2) is 74.3 Å². The van der Waals surface area contributed by atoms with E-state index in [9.17, 15) is 0 Å². The minimum atomic E-state index is 0. The van der Waals surface area contributed by atoms with Crippen molar-refractivity contribution in [3.8, 4) is 0 Å². The van der Waals surface area contributed by atoms with Crippen molar-refractivity contribution >= 4 is 29.9 Å². The van der Waals surface area contributed by atoms with Crippen molar-refractivity contribution in [2.75, 3.05) is 52.5 Å². The number of halogens is 1. The SMILES string of the molecule is CCNC(=NCC1CCCN1CC)N1CCC2(CCOC2)C1.I. The molecule has 0 aromatic heterocycles. The molecule has 5 nitrogen and oxygen atoms in total. The van der Waals surface area contributed by atoms with Gasteiger partial charge in [0.25, 0.3) is 0 Å². The molecule has 0 aromatic carbocycles. The summed E-state index contributed by atoms with van der Waals surface area (Å²) in [6, 6.07) is 0.644. The Balaban J connectivity index is 0.00000192. The summed E-state index contributed by atoms with van der Waals surface area (Å²) in [6.07, 6.45) is 5.10. The van der Waals surface area contributed by atoms with Crippen molar-refractivity contribution in [2.45, 2.75) is 45.6 Å². The summed E-state index contributed by atoms with van der Waals surface area (Å²) in [5.41, 5.74) is 0.402. The van der Waals surface area contributed by atoms with Gasteiger partial charge < -0.3 is 15.0 Å². The first-order valence-corrected chi connectivity index (χ1v) is 9.11. The minimum absolute atomic E-state index is 0. The standard InChI is InChI=1S/C17H32N4O.HI/c1-3-18-16(19-12-15-6-5-9-20(15)4-2)21-10-7-17(13-21)8-11-22-14-17;/h15H,3-14H2,1-2H3,(H,18,19);1H. The molecule has 1 spiro atoms. The zero-order valence-electron chi connectivity index (χ0n) is 14.7. The number of guanidine groups is 1. The molecule has 2 unspecified atom stereocenters. The highest BCUT2D eigenvalue weighted by Gasteiger charge is 2.42. The third kappa shape index (κ3) is 4.51. The lowest BCUT2D eigenvalue weighted by molar-refractivity contribution is 0.156. The van der Waals surface area contributed by atoms with Crippen LogP contribution in [0.3, 0.4) is 0 Å². The van der Waals surface area contributed by atoms with Gasteiger partial charge in [-0.05, 0) is 45.7 Å². The van der Waals surface area contributed by atoms with E-state index in [1.165, 1.54) is 32.2 Å². The Bertz CT molecular complexity index is 398. The monoisotopic (exact) mass is 436 g/mol. The summed E-state index contributed by atoms with van der Waals surface area (Å²) in [6.45, 7) is 12.8. The molecule has 0 radical (unpaired) electrons. The summed E-state index contributed by atoms with van der Waals surface area (Å²) in [4.78, 5) is 10.0. The molecule has 2 atom stereocenters. The van der Waals surface area contributed by atoms with Gasteiger partial charge >= 0.3 is 0 Å². The van der Waals surface area contributed by atoms with Crippen LogP contribution in [0.25, 0.3) is 0 Å². The van der Waals surface area contributed by atoms with Crippen LogP contribution in [-0.2, 0) is 4.74 Å². The van der Waals surface area contributed by atoms with Gasteiger partial charge in [0.2, 0.25) is 0 Å². The lowest BCUT2D eigenvalue weighted by atomic mass is 9.87. The topological polar surface area (TPSA) is 40.1 Å². The van der Waals surface area contributed by atoms with Gasteiger partial charge in [-0.2, -0.15) is 0 Å². The molecule has 134 valence electrons. The molecule has 0 saturated carbocycles. The van der Waals surface area contributed by atoms with Gasteiger partial charge in [0.05, 0.1) is 13.2 Å². The fraction of sp³-hybridized carbons (Fsp3) is 0.941. The van der Waals surface area contributed by atoms with E-state index in [2.05, 4.69) is 29.0 Å². The van der Waals surface area contributed by atoms with Crippen LogP contribution in [0.15, 0.2) is 4.99 Å². The van der Waals surface area contributed by atoms with Crippen LogP contribution in [0.1, 0.15) is 39.5 Å². The Morgan fingerprint density at radius 3 is 2.87 bits per heavy atom. The van der Waals surface area contributed by atoms with Crippen molar-refractivity contribution in [1.82, 2.24) is 15.1 Å². The van der Waals surface area contributed by atoms with Crippen LogP contribution < -0.4 is 5.32 Å². The molecule has 0 amide bonds. The smallest absolute Gasteiger partial charge is 0.193 e. The predicted octanol–water partition coefficient (Wildman–Crippen LogP) is 2.17. The number of nitrogens with one attached hydrogen (secondary N) is 1. The quantitative estimate of drug-likeness (QED) is 0.417. The number of hydrogen-bond donors (Lipinski definition) is 1. The molecule has 23 heavy (non-hydrogen) atoms. The number of likely N-dealkylation sites (N-methyl/N-ethyl adjacent to an activating group) is 1. The first kappa shape index (κ1) is 19.2. The predicted molar refractivity (Wildman–Crippen MR) is 106 cm³/mol. The Morgan fingerprint density at radius 2 is 2.17 bits per heavy atom. The third-order valence-electron chi connectivity index (χ3n) is 5.61. The molecule has 0 aromatic rings. The normalized spacial score (nSPS) is 31.8. The molecule has 3 saturated heterocycles. The second kappa shape index (κ2) is 8.85. The first-order valence-electron chi connectivity index (χ1n) is 9.11. The van der Waals surface area contributed by atoms with Gasteiger partial charge in [0.15, 0.2) is 5.96 Å². The van der Waals surface area contributed by atoms with Crippen LogP contribution >= 0.6 is 24.0 Å². The molecule has 3 heterocycles. The van der Waals surface area contributed by atoms with Gasteiger partial charge in [0.1, 0.15) is 0 Å². The maximum Gasteiger partial charge on any atom is 0.193 e. The molecule has 3 rings (SSSR count). The lowest BCUT2D eigenvalue weighted by Crippen LogP contribution is -2.42. The van der Waals surface area contributed by atoms with E-state index in [1.807, 2.05) is 0 Å². The summed E-state index contributed by atoms with van der Waals surface area (Å²) >= 11 is 0. The van der Waals surface area contributed by atoms with Gasteiger partial charge in [0, 0.05) is 37.7 Å². The summed E-state index contributed by atoms with van der Waals surface area (Å²) in [5, 5.41) is 3.50. The highest BCUT2D eigenvalue weighted by molar-refractivity contribution is 14.0. The van der Waals surface area contributed by atoms with Crippen molar-refractivity contribution in [3.63, 3.8) is 0 Å². The summed E-state index contributed by atoms with van der Waals surface area (Å²) in [5.74, 6) is 1.12. The number of aliphatic imine (C=N–C) groups is 1. The largest absolute Gasteiger partial charge is 0.381 e. The van der Waals surface area contributed by atoms with Gasteiger partial charge in [-0.3, -0.25) is 9.89 Å². The number of nitrogens with zero attached hydrogens (tertiary/aromatic N) is 3. The fourth-order valence-electron chi connectivity index (χ4n) is 4.22. The summed E-state index contributed by atoms with van der Waals surface area (Å²) in [7, 11) is 0. The second-order valence-electron chi connectivity index (χ2n) is 7.09. The molecule has 3 aliphatic heterocycles. The first-order chi connectivity index (χ1) is 10.8. The molecule has 0 bridgehead atoms. The highest BCUT2D eigenvalue weighted by atomic mass is 127. The molecule has 0 aliphatic carbocycles. The number of rotatable bonds is 4. The van der Waals surface area contributed by atoms with Crippen molar-refractivity contribution in [2.24, 2.45) is 10.4 Å². The van der Waals surface area contributed by atoms with Crippen molar-refractivity contribution < 1.29 is 4.74 Å². The molecule has 6 heteroatoms. The van der Waals surface area contributed by atoms with E-state index in [0.717, 1.165) is 51.9 Å². The lowest BCUT2D eigenvalue weighted by Gasteiger charge is -2.26. The number of ether oxygens (including phenoxy) is 1. The van der Waals surface area contributed by atoms with Gasteiger partial charge in [-0.15, -0.1) is 24.0 Å². The van der Waals surface area contributed by atoms with Gasteiger partial charge in [-0.25, -0.2) is 0 Å². The zero-order valence-corrected chi connectivity index (χ0v) is 17.1. The third-order valence-corrected chi connectivity index (χ3v) is 5.61. The minimum Gasteiger partial charge on any atom is -0.381 e. The van der Waals surface area contributed by atoms with Crippen LogP contribution in [0.2, 0.25) is 0 Å². The molecular formula is C17H33IN4O. The highest BCUT2D eigenvalue weighted by Crippen LogP contribution is 2.38. The van der Waals surface area contributed by atoms with E-state index in [0.29, 0.717) is 11.5 Å². The average Bonchev–Trinajstić information content (AvgIpc) is 3.26. The van der Waals surface area contributed by atoms with E-state index in [-0.39, 0.29) is 24.0 Å². The Hall–Kier alpha value is -0.0800. The molecular weight excluding hydrogens is 403 g/mol. The van der Waals surface area contributed by atoms with E-state index >= 15 is 0 Å². The molecule has 3 aliphatic rings. The zero-order chi connectivity index (χ0) is 15.4. The van der Waals surface area contributed by atoms with E-state index < -0.39 is 0 Å². The molecule has 1 N–H and O–H groups in total. The Kier molecular flexibility index (Phi) is 7.41. The Morgan fingerprint density at radius 1 is 1.30 bits per heavy atom. The summed E-state index contributed by atoms with van der Waals surface area (Å²) < 4.78 is 5.65. The van der Waals surface area contributed by atoms with Crippen LogP contribution in [0, 0.1) is 5.41 Å². The number of hydrogen-bond acceptors (Lipinski definition) is 3. The Labute approximate surface area is 158 Å². The fourth-order valence-corrected chi connectivity index (χ4v) is 4.22. The van der Waals surface area contributed by atoms with E-state index in [1.54, 1.807) is 0 Å². The maximum absolute atomic E-state index is 5.65. The van der Waals surface area contributed by atoms with Crippen LogP contribution in [0.5, 0.6) is 0 Å². The van der Waals surface area contributed by atoms with E-state index in [4.69, 9.17) is 9.73 Å². The maximum atomic E-state index is 5.65. The van der Waals surface area contributed by atoms with Crippen LogP contribution in [0.4, 0.5) is 0 Å². The average molecular weight is 436 g/mol. The van der Waals surface area contributed by atoms with Gasteiger partial charge in [-0.1, -0.05) is 6.92 Å². The van der Waals surface area contributed by atoms with Crippen molar-refractivity contribution in [3.05, 3.63) is 0 Å². The second-order valence-corrected chi connectivity index (χ2v) is 7.09.